The van der Waals surface area contributed by atoms with Gasteiger partial charge in [0.15, 0.2) is 5.78 Å². The van der Waals surface area contributed by atoms with E-state index in [1.165, 1.54) is 13.8 Å². The van der Waals surface area contributed by atoms with E-state index in [1.807, 2.05) is 19.9 Å². The lowest BCUT2D eigenvalue weighted by Gasteiger charge is -2.09. The van der Waals surface area contributed by atoms with Gasteiger partial charge in [0.1, 0.15) is 11.3 Å². The molecule has 3 rings (SSSR count). The molecular formula is C21H21N5O4. The highest BCUT2D eigenvalue weighted by molar-refractivity contribution is 6.13. The number of nitrogens with two attached hydrogens (primary N) is 1. The molecule has 9 heteroatoms. The first-order valence-electron chi connectivity index (χ1n) is 9.10. The van der Waals surface area contributed by atoms with E-state index in [9.17, 15) is 14.4 Å². The fourth-order valence-corrected chi connectivity index (χ4v) is 3.12. The van der Waals surface area contributed by atoms with Crippen LogP contribution in [0.1, 0.15) is 55.1 Å². The fourth-order valence-electron chi connectivity index (χ4n) is 3.12. The molecule has 2 amide bonds. The zero-order valence-corrected chi connectivity index (χ0v) is 17.0. The van der Waals surface area contributed by atoms with Crippen molar-refractivity contribution in [2.45, 2.75) is 27.7 Å². The molecule has 3 aromatic rings. The van der Waals surface area contributed by atoms with Crippen LogP contribution in [0.5, 0.6) is 0 Å². The molecule has 0 atom stereocenters. The second kappa shape index (κ2) is 8.16. The van der Waals surface area contributed by atoms with E-state index in [-0.39, 0.29) is 28.6 Å². The lowest BCUT2D eigenvalue weighted by atomic mass is 10.1. The van der Waals surface area contributed by atoms with E-state index in [0.29, 0.717) is 17.2 Å². The summed E-state index contributed by atoms with van der Waals surface area (Å²) < 4.78 is 5.42. The van der Waals surface area contributed by atoms with Crippen LogP contribution in [0.25, 0.3) is 0 Å². The van der Waals surface area contributed by atoms with Gasteiger partial charge in [0.05, 0.1) is 5.56 Å². The molecule has 1 aromatic carbocycles. The minimum Gasteiger partial charge on any atom is -0.444 e. The Bertz CT molecular complexity index is 1150. The molecule has 0 saturated heterocycles. The first kappa shape index (κ1) is 20.7. The van der Waals surface area contributed by atoms with Crippen LogP contribution in [0.4, 0.5) is 17.5 Å². The highest BCUT2D eigenvalue weighted by atomic mass is 16.4. The number of furan rings is 1. The lowest BCUT2D eigenvalue weighted by Crippen LogP contribution is -2.19. The molecule has 0 aliphatic heterocycles. The molecule has 0 aliphatic carbocycles. The van der Waals surface area contributed by atoms with Crippen molar-refractivity contribution in [2.75, 3.05) is 10.6 Å². The fraction of sp³-hybridized carbons (Fsp3) is 0.190. The molecule has 0 unspecified atom stereocenters. The maximum Gasteiger partial charge on any atom is 0.258 e. The van der Waals surface area contributed by atoms with E-state index in [2.05, 4.69) is 20.6 Å². The van der Waals surface area contributed by atoms with Crippen LogP contribution < -0.4 is 16.4 Å². The SMILES string of the molecule is CC(=O)c1c(C)oc(NC(=O)c2cccc(Nc3nc(C)cc(C)n3)c2)c1C(N)=O. The topological polar surface area (TPSA) is 140 Å². The van der Waals surface area contributed by atoms with Gasteiger partial charge in [-0.1, -0.05) is 6.07 Å². The number of nitrogens with zero attached hydrogens (tertiary/aromatic N) is 2. The highest BCUT2D eigenvalue weighted by Crippen LogP contribution is 2.28. The standard InChI is InChI=1S/C21H21N5O4/c1-10-8-11(2)24-21(23-10)25-15-7-5-6-14(9-15)19(29)26-20-17(18(22)28)16(12(3)27)13(4)30-20/h5-9H,1-4H3,(H2,22,28)(H,26,29)(H,23,24,25). The Balaban J connectivity index is 1.87. The Labute approximate surface area is 172 Å². The van der Waals surface area contributed by atoms with Crippen LogP contribution in [0.3, 0.4) is 0 Å². The van der Waals surface area contributed by atoms with E-state index in [1.54, 1.807) is 24.3 Å². The monoisotopic (exact) mass is 407 g/mol. The minimum atomic E-state index is -0.866. The van der Waals surface area contributed by atoms with Gasteiger partial charge in [-0.15, -0.1) is 0 Å². The maximum atomic E-state index is 12.7. The van der Waals surface area contributed by atoms with Crippen LogP contribution in [-0.4, -0.2) is 27.6 Å². The van der Waals surface area contributed by atoms with Gasteiger partial charge in [-0.2, -0.15) is 0 Å². The summed E-state index contributed by atoms with van der Waals surface area (Å²) in [4.78, 5) is 45.0. The number of hydrogen-bond acceptors (Lipinski definition) is 7. The zero-order chi connectivity index (χ0) is 22.0. The van der Waals surface area contributed by atoms with Gasteiger partial charge in [-0.3, -0.25) is 19.7 Å². The second-order valence-electron chi connectivity index (χ2n) is 6.79. The number of carbonyl (C=O) groups excluding carboxylic acids is 3. The number of aromatic nitrogens is 2. The molecular weight excluding hydrogens is 386 g/mol. The Morgan fingerprint density at radius 1 is 1.00 bits per heavy atom. The molecule has 0 aliphatic rings. The van der Waals surface area contributed by atoms with Crippen LogP contribution in [0.2, 0.25) is 0 Å². The molecule has 2 heterocycles. The Morgan fingerprint density at radius 3 is 2.27 bits per heavy atom. The number of anilines is 3. The molecule has 0 bridgehead atoms. The molecule has 0 fully saturated rings. The smallest absolute Gasteiger partial charge is 0.258 e. The Hall–Kier alpha value is -4.01. The Morgan fingerprint density at radius 2 is 1.67 bits per heavy atom. The number of amides is 2. The second-order valence-corrected chi connectivity index (χ2v) is 6.79. The maximum absolute atomic E-state index is 12.7. The van der Waals surface area contributed by atoms with E-state index in [4.69, 9.17) is 10.2 Å². The summed E-state index contributed by atoms with van der Waals surface area (Å²) in [6.45, 7) is 6.54. The molecule has 154 valence electrons. The highest BCUT2D eigenvalue weighted by Gasteiger charge is 2.26. The van der Waals surface area contributed by atoms with Gasteiger partial charge in [-0.25, -0.2) is 9.97 Å². The van der Waals surface area contributed by atoms with Crippen molar-refractivity contribution in [2.24, 2.45) is 5.73 Å². The predicted octanol–water partition coefficient (Wildman–Crippen LogP) is 3.29. The molecule has 9 nitrogen and oxygen atoms in total. The quantitative estimate of drug-likeness (QED) is 0.533. The van der Waals surface area contributed by atoms with Crippen LogP contribution in [0.15, 0.2) is 34.7 Å². The molecule has 2 aromatic heterocycles. The van der Waals surface area contributed by atoms with Crippen molar-refractivity contribution in [1.82, 2.24) is 9.97 Å². The number of Topliss-reactive ketones (excluding diaryl/α,β-unsaturated/α-hetero) is 1. The minimum absolute atomic E-state index is 0.0557. The van der Waals surface area contributed by atoms with Crippen molar-refractivity contribution in [1.29, 1.82) is 0 Å². The third-order valence-electron chi connectivity index (χ3n) is 4.27. The summed E-state index contributed by atoms with van der Waals surface area (Å²) in [5.41, 5.74) is 7.81. The largest absolute Gasteiger partial charge is 0.444 e. The van der Waals surface area contributed by atoms with Crippen LogP contribution in [0, 0.1) is 20.8 Å². The third kappa shape index (κ3) is 4.35. The van der Waals surface area contributed by atoms with Crippen LogP contribution >= 0.6 is 0 Å². The van der Waals surface area contributed by atoms with Gasteiger partial charge in [0.25, 0.3) is 11.8 Å². The summed E-state index contributed by atoms with van der Waals surface area (Å²) in [5, 5.41) is 5.57. The molecule has 4 N–H and O–H groups in total. The summed E-state index contributed by atoms with van der Waals surface area (Å²) in [6, 6.07) is 8.49. The zero-order valence-electron chi connectivity index (χ0n) is 17.0. The van der Waals surface area contributed by atoms with Crippen molar-refractivity contribution >= 4 is 35.1 Å². The normalized spacial score (nSPS) is 10.5. The summed E-state index contributed by atoms with van der Waals surface area (Å²) in [7, 11) is 0. The summed E-state index contributed by atoms with van der Waals surface area (Å²) >= 11 is 0. The number of hydrogen-bond donors (Lipinski definition) is 3. The number of benzene rings is 1. The summed E-state index contributed by atoms with van der Waals surface area (Å²) in [5.74, 6) is -1.33. The van der Waals surface area contributed by atoms with Crippen molar-refractivity contribution in [3.05, 3.63) is 64.2 Å². The molecule has 0 radical (unpaired) electrons. The molecule has 30 heavy (non-hydrogen) atoms. The van der Waals surface area contributed by atoms with E-state index >= 15 is 0 Å². The number of rotatable bonds is 6. The molecule has 0 spiro atoms. The van der Waals surface area contributed by atoms with Crippen molar-refractivity contribution in [3.8, 4) is 0 Å². The predicted molar refractivity (Wildman–Crippen MR) is 111 cm³/mol. The van der Waals surface area contributed by atoms with Gasteiger partial charge < -0.3 is 15.5 Å². The van der Waals surface area contributed by atoms with E-state index < -0.39 is 11.8 Å². The average molecular weight is 407 g/mol. The van der Waals surface area contributed by atoms with E-state index in [0.717, 1.165) is 11.4 Å². The first-order chi connectivity index (χ1) is 14.2. The van der Waals surface area contributed by atoms with Gasteiger partial charge in [0, 0.05) is 22.6 Å². The number of primary amides is 1. The van der Waals surface area contributed by atoms with Crippen LogP contribution in [-0.2, 0) is 0 Å². The van der Waals surface area contributed by atoms with Crippen molar-refractivity contribution in [3.63, 3.8) is 0 Å². The number of ketones is 1. The Kier molecular flexibility index (Phi) is 5.63. The van der Waals surface area contributed by atoms with Crippen molar-refractivity contribution < 1.29 is 18.8 Å². The van der Waals surface area contributed by atoms with Gasteiger partial charge in [-0.05, 0) is 52.0 Å². The first-order valence-corrected chi connectivity index (χ1v) is 9.10. The van der Waals surface area contributed by atoms with Gasteiger partial charge >= 0.3 is 0 Å². The number of nitrogens with one attached hydrogen (secondary N) is 2. The lowest BCUT2D eigenvalue weighted by molar-refractivity contribution is 0.0974. The number of aryl methyl sites for hydroxylation is 3. The average Bonchev–Trinajstić information content (AvgIpc) is 2.97. The third-order valence-corrected chi connectivity index (χ3v) is 4.27. The number of carbonyl (C=O) groups is 3. The summed E-state index contributed by atoms with van der Waals surface area (Å²) in [6.07, 6.45) is 0. The molecule has 0 saturated carbocycles. The van der Waals surface area contributed by atoms with Gasteiger partial charge in [0.2, 0.25) is 11.8 Å².